The van der Waals surface area contributed by atoms with E-state index >= 15 is 0 Å². The summed E-state index contributed by atoms with van der Waals surface area (Å²) in [4.78, 5) is 10.7. The van der Waals surface area contributed by atoms with E-state index in [0.717, 1.165) is 16.9 Å². The zero-order chi connectivity index (χ0) is 11.8. The van der Waals surface area contributed by atoms with Crippen molar-refractivity contribution in [1.29, 1.82) is 0 Å². The van der Waals surface area contributed by atoms with Crippen LogP contribution in [0.25, 0.3) is 0 Å². The molecular weight excluding hydrogens is 188 g/mol. The molecule has 1 aromatic rings. The summed E-state index contributed by atoms with van der Waals surface area (Å²) < 4.78 is 5.38. The van der Waals surface area contributed by atoms with Gasteiger partial charge in [-0.2, -0.15) is 0 Å². The average molecular weight is 208 g/mol. The molecule has 0 spiro atoms. The van der Waals surface area contributed by atoms with Gasteiger partial charge in [-0.05, 0) is 31.9 Å². The number of hydrogen-bond donors (Lipinski definition) is 0. The van der Waals surface area contributed by atoms with Crippen LogP contribution in [0.4, 0.5) is 0 Å². The van der Waals surface area contributed by atoms with Gasteiger partial charge in [0.05, 0.1) is 0 Å². The summed E-state index contributed by atoms with van der Waals surface area (Å²) in [5.41, 5.74) is 2.14. The van der Waals surface area contributed by atoms with Gasteiger partial charge in [-0.3, -0.25) is 4.79 Å². The van der Waals surface area contributed by atoms with E-state index in [2.05, 4.69) is 0 Å². The number of ether oxygens (including phenoxy) is 1. The van der Waals surface area contributed by atoms with Crippen LogP contribution in [0.5, 0.6) is 5.75 Å². The summed E-state index contributed by atoms with van der Waals surface area (Å²) in [5, 5.41) is 0. The third kappa shape index (κ3) is 4.63. The van der Waals surface area contributed by atoms with E-state index in [9.17, 15) is 4.79 Å². The van der Waals surface area contributed by atoms with Gasteiger partial charge in [-0.1, -0.05) is 32.0 Å². The Morgan fingerprint density at radius 2 is 1.67 bits per heavy atom. The minimum absolute atomic E-state index is 0.0441. The monoisotopic (exact) mass is 208 g/mol. The predicted molar refractivity (Wildman–Crippen MR) is 63.4 cm³/mol. The van der Waals surface area contributed by atoms with Crippen LogP contribution in [0.3, 0.4) is 0 Å². The van der Waals surface area contributed by atoms with Crippen molar-refractivity contribution >= 4 is 5.78 Å². The standard InChI is InChI=1S/C11H14O2.C2H6/c1-8-5-4-6-9(2)11(8)13-7-10(3)12;1-2/h4-6H,7H2,1-3H3;1-2H3. The Balaban J connectivity index is 0.000000921. The smallest absolute Gasteiger partial charge is 0.167 e. The van der Waals surface area contributed by atoms with Gasteiger partial charge in [0.25, 0.3) is 0 Å². The first-order valence-corrected chi connectivity index (χ1v) is 5.29. The van der Waals surface area contributed by atoms with E-state index in [1.807, 2.05) is 45.9 Å². The lowest BCUT2D eigenvalue weighted by molar-refractivity contribution is -0.118. The second-order valence-corrected chi connectivity index (χ2v) is 3.21. The number of para-hydroxylation sites is 1. The lowest BCUT2D eigenvalue weighted by Gasteiger charge is -2.09. The number of carbonyl (C=O) groups excluding carboxylic acids is 1. The van der Waals surface area contributed by atoms with Crippen LogP contribution in [-0.4, -0.2) is 12.4 Å². The lowest BCUT2D eigenvalue weighted by Crippen LogP contribution is -2.08. The Morgan fingerprint density at radius 3 is 2.07 bits per heavy atom. The Labute approximate surface area is 92.3 Å². The molecule has 0 saturated carbocycles. The van der Waals surface area contributed by atoms with Crippen molar-refractivity contribution in [3.63, 3.8) is 0 Å². The quantitative estimate of drug-likeness (QED) is 0.761. The molecule has 2 nitrogen and oxygen atoms in total. The summed E-state index contributed by atoms with van der Waals surface area (Å²) in [7, 11) is 0. The zero-order valence-electron chi connectivity index (χ0n) is 10.3. The normalized spacial score (nSPS) is 8.87. The molecule has 0 aliphatic carbocycles. The largest absolute Gasteiger partial charge is 0.485 e. The van der Waals surface area contributed by atoms with Crippen LogP contribution in [-0.2, 0) is 4.79 Å². The summed E-state index contributed by atoms with van der Waals surface area (Å²) in [6.45, 7) is 9.63. The van der Waals surface area contributed by atoms with Crippen LogP contribution in [0.15, 0.2) is 18.2 Å². The van der Waals surface area contributed by atoms with Crippen molar-refractivity contribution in [1.82, 2.24) is 0 Å². The van der Waals surface area contributed by atoms with Crippen molar-refractivity contribution in [3.05, 3.63) is 29.3 Å². The third-order valence-electron chi connectivity index (χ3n) is 1.83. The molecule has 84 valence electrons. The first-order valence-electron chi connectivity index (χ1n) is 5.29. The number of hydrogen-bond acceptors (Lipinski definition) is 2. The van der Waals surface area contributed by atoms with E-state index in [4.69, 9.17) is 4.74 Å². The second kappa shape index (κ2) is 7.04. The Bertz CT molecular complexity index is 296. The fraction of sp³-hybridized carbons (Fsp3) is 0.462. The molecular formula is C13H20O2. The van der Waals surface area contributed by atoms with E-state index in [-0.39, 0.29) is 12.4 Å². The maximum atomic E-state index is 10.7. The molecule has 0 radical (unpaired) electrons. The lowest BCUT2D eigenvalue weighted by atomic mass is 10.1. The molecule has 0 fully saturated rings. The SMILES string of the molecule is CC.CC(=O)COc1c(C)cccc1C. The number of carbonyl (C=O) groups is 1. The van der Waals surface area contributed by atoms with Crippen molar-refractivity contribution in [2.75, 3.05) is 6.61 Å². The minimum atomic E-state index is 0.0441. The molecule has 0 aliphatic rings. The highest BCUT2D eigenvalue weighted by molar-refractivity contribution is 5.77. The molecule has 0 aromatic heterocycles. The number of Topliss-reactive ketones (excluding diaryl/α,β-unsaturated/α-hetero) is 1. The molecule has 2 heteroatoms. The van der Waals surface area contributed by atoms with Gasteiger partial charge >= 0.3 is 0 Å². The number of aryl methyl sites for hydroxylation is 2. The number of benzene rings is 1. The molecule has 15 heavy (non-hydrogen) atoms. The predicted octanol–water partition coefficient (Wildman–Crippen LogP) is 3.30. The van der Waals surface area contributed by atoms with Crippen LogP contribution >= 0.6 is 0 Å². The van der Waals surface area contributed by atoms with Gasteiger partial charge in [-0.25, -0.2) is 0 Å². The summed E-state index contributed by atoms with van der Waals surface area (Å²) in [6.07, 6.45) is 0. The minimum Gasteiger partial charge on any atom is -0.485 e. The van der Waals surface area contributed by atoms with Gasteiger partial charge in [0, 0.05) is 0 Å². The van der Waals surface area contributed by atoms with Crippen molar-refractivity contribution in [3.8, 4) is 5.75 Å². The van der Waals surface area contributed by atoms with Crippen LogP contribution in [0.2, 0.25) is 0 Å². The highest BCUT2D eigenvalue weighted by Gasteiger charge is 2.03. The topological polar surface area (TPSA) is 26.3 Å². The molecule has 0 aliphatic heterocycles. The molecule has 1 rings (SSSR count). The fourth-order valence-electron chi connectivity index (χ4n) is 1.20. The van der Waals surface area contributed by atoms with E-state index < -0.39 is 0 Å². The maximum Gasteiger partial charge on any atom is 0.167 e. The molecule has 0 bridgehead atoms. The summed E-state index contributed by atoms with van der Waals surface area (Å²) >= 11 is 0. The third-order valence-corrected chi connectivity index (χ3v) is 1.83. The summed E-state index contributed by atoms with van der Waals surface area (Å²) in [5.74, 6) is 0.875. The second-order valence-electron chi connectivity index (χ2n) is 3.21. The maximum absolute atomic E-state index is 10.7. The molecule has 0 heterocycles. The summed E-state index contributed by atoms with van der Waals surface area (Å²) in [6, 6.07) is 5.93. The highest BCUT2D eigenvalue weighted by atomic mass is 16.5. The van der Waals surface area contributed by atoms with E-state index in [1.165, 1.54) is 6.92 Å². The van der Waals surface area contributed by atoms with Crippen LogP contribution in [0, 0.1) is 13.8 Å². The van der Waals surface area contributed by atoms with Gasteiger partial charge in [-0.15, -0.1) is 0 Å². The number of ketones is 1. The van der Waals surface area contributed by atoms with Gasteiger partial charge in [0.2, 0.25) is 0 Å². The average Bonchev–Trinajstić information content (AvgIpc) is 2.20. The molecule has 1 aromatic carbocycles. The highest BCUT2D eigenvalue weighted by Crippen LogP contribution is 2.21. The molecule has 0 atom stereocenters. The van der Waals surface area contributed by atoms with Crippen LogP contribution < -0.4 is 4.74 Å². The van der Waals surface area contributed by atoms with Gasteiger partial charge in [0.1, 0.15) is 12.4 Å². The van der Waals surface area contributed by atoms with Crippen molar-refractivity contribution in [2.24, 2.45) is 0 Å². The van der Waals surface area contributed by atoms with Gasteiger partial charge < -0.3 is 4.74 Å². The first kappa shape index (κ1) is 13.7. The Hall–Kier alpha value is -1.31. The van der Waals surface area contributed by atoms with E-state index in [1.54, 1.807) is 0 Å². The zero-order valence-corrected chi connectivity index (χ0v) is 10.3. The van der Waals surface area contributed by atoms with Crippen LogP contribution in [0.1, 0.15) is 31.9 Å². The molecule has 0 saturated heterocycles. The fourth-order valence-corrected chi connectivity index (χ4v) is 1.20. The molecule has 0 amide bonds. The molecule has 0 N–H and O–H groups in total. The first-order chi connectivity index (χ1) is 7.11. The van der Waals surface area contributed by atoms with Gasteiger partial charge in [0.15, 0.2) is 5.78 Å². The Kier molecular flexibility index (Phi) is 6.43. The number of rotatable bonds is 3. The van der Waals surface area contributed by atoms with Crippen molar-refractivity contribution < 1.29 is 9.53 Å². The van der Waals surface area contributed by atoms with E-state index in [0.29, 0.717) is 0 Å². The Morgan fingerprint density at radius 1 is 1.20 bits per heavy atom. The molecule has 0 unspecified atom stereocenters. The van der Waals surface area contributed by atoms with Crippen molar-refractivity contribution in [2.45, 2.75) is 34.6 Å².